The van der Waals surface area contributed by atoms with E-state index in [1.807, 2.05) is 6.07 Å². The number of nitrogens with zero attached hydrogens (tertiary/aromatic N) is 2. The molecule has 0 bridgehead atoms. The summed E-state index contributed by atoms with van der Waals surface area (Å²) in [6, 6.07) is 10.2. The highest BCUT2D eigenvalue weighted by Crippen LogP contribution is 2.22. The number of hydrogen-bond donors (Lipinski definition) is 0. The Morgan fingerprint density at radius 1 is 1.33 bits per heavy atom. The van der Waals surface area contributed by atoms with Crippen molar-refractivity contribution in [2.45, 2.75) is 6.54 Å². The Morgan fingerprint density at radius 3 is 2.67 bits per heavy atom. The van der Waals surface area contributed by atoms with Gasteiger partial charge in [-0.05, 0) is 17.7 Å². The van der Waals surface area contributed by atoms with Crippen molar-refractivity contribution in [1.82, 2.24) is 4.90 Å². The van der Waals surface area contributed by atoms with E-state index >= 15 is 0 Å². The minimum Gasteiger partial charge on any atom is -0.484 e. The van der Waals surface area contributed by atoms with Crippen molar-refractivity contribution in [2.24, 2.45) is 0 Å². The molecule has 0 saturated carbocycles. The van der Waals surface area contributed by atoms with Gasteiger partial charge in [0, 0.05) is 30.7 Å². The van der Waals surface area contributed by atoms with E-state index in [1.165, 1.54) is 11.0 Å². The zero-order valence-electron chi connectivity index (χ0n) is 12.7. The molecule has 2 aromatic rings. The van der Waals surface area contributed by atoms with Gasteiger partial charge in [0.05, 0.1) is 4.92 Å². The van der Waals surface area contributed by atoms with Gasteiger partial charge in [0.2, 0.25) is 5.82 Å². The molecule has 0 unspecified atom stereocenters. The molecule has 0 aliphatic rings. The third-order valence-electron chi connectivity index (χ3n) is 3.27. The molecule has 0 saturated heterocycles. The number of hydrogen-bond acceptors (Lipinski definition) is 4. The molecule has 6 nitrogen and oxygen atoms in total. The van der Waals surface area contributed by atoms with Crippen LogP contribution in [0.3, 0.4) is 0 Å². The quantitative estimate of drug-likeness (QED) is 0.589. The summed E-state index contributed by atoms with van der Waals surface area (Å²) in [5.41, 5.74) is 0.140. The van der Waals surface area contributed by atoms with Gasteiger partial charge in [-0.15, -0.1) is 0 Å². The van der Waals surface area contributed by atoms with Crippen LogP contribution < -0.4 is 4.74 Å². The lowest BCUT2D eigenvalue weighted by Gasteiger charge is -2.18. The SMILES string of the molecule is CN(Cc1ccccc1Cl)C(=O)COc1ccc([N+](=O)[O-])c(F)c1. The first-order valence-corrected chi connectivity index (χ1v) is 7.30. The predicted molar refractivity (Wildman–Crippen MR) is 86.5 cm³/mol. The van der Waals surface area contributed by atoms with Gasteiger partial charge in [0.15, 0.2) is 6.61 Å². The van der Waals surface area contributed by atoms with Crippen molar-refractivity contribution in [3.05, 3.63) is 69.0 Å². The van der Waals surface area contributed by atoms with Gasteiger partial charge in [-0.3, -0.25) is 14.9 Å². The summed E-state index contributed by atoms with van der Waals surface area (Å²) >= 11 is 6.04. The molecule has 2 rings (SSSR count). The van der Waals surface area contributed by atoms with E-state index in [1.54, 1.807) is 25.2 Å². The number of likely N-dealkylation sites (N-methyl/N-ethyl adjacent to an activating group) is 1. The Labute approximate surface area is 142 Å². The van der Waals surface area contributed by atoms with Crippen molar-refractivity contribution >= 4 is 23.2 Å². The van der Waals surface area contributed by atoms with E-state index in [-0.39, 0.29) is 18.3 Å². The molecule has 1 amide bonds. The zero-order valence-corrected chi connectivity index (χ0v) is 13.5. The van der Waals surface area contributed by atoms with Crippen LogP contribution in [0.2, 0.25) is 5.02 Å². The van der Waals surface area contributed by atoms with Gasteiger partial charge >= 0.3 is 5.69 Å². The Kier molecular flexibility index (Phi) is 5.70. The van der Waals surface area contributed by atoms with Crippen LogP contribution in [0.25, 0.3) is 0 Å². The van der Waals surface area contributed by atoms with Crippen molar-refractivity contribution < 1.29 is 18.8 Å². The molecular formula is C16H14ClFN2O4. The highest BCUT2D eigenvalue weighted by Gasteiger charge is 2.16. The Hall–Kier alpha value is -2.67. The molecular weight excluding hydrogens is 339 g/mol. The molecule has 0 heterocycles. The Balaban J connectivity index is 1.94. The van der Waals surface area contributed by atoms with Crippen LogP contribution in [-0.2, 0) is 11.3 Å². The summed E-state index contributed by atoms with van der Waals surface area (Å²) in [4.78, 5) is 23.2. The number of nitro benzene ring substituents is 1. The fourth-order valence-electron chi connectivity index (χ4n) is 1.95. The largest absolute Gasteiger partial charge is 0.484 e. The summed E-state index contributed by atoms with van der Waals surface area (Å²) in [7, 11) is 1.59. The summed E-state index contributed by atoms with van der Waals surface area (Å²) in [6.07, 6.45) is 0. The van der Waals surface area contributed by atoms with Crippen molar-refractivity contribution in [3.8, 4) is 5.75 Å². The first-order chi connectivity index (χ1) is 11.4. The normalized spacial score (nSPS) is 10.3. The van der Waals surface area contributed by atoms with E-state index in [9.17, 15) is 19.3 Å². The number of amides is 1. The number of carbonyl (C=O) groups is 1. The number of carbonyl (C=O) groups excluding carboxylic acids is 1. The highest BCUT2D eigenvalue weighted by atomic mass is 35.5. The highest BCUT2D eigenvalue weighted by molar-refractivity contribution is 6.31. The first-order valence-electron chi connectivity index (χ1n) is 6.92. The fraction of sp³-hybridized carbons (Fsp3) is 0.188. The average Bonchev–Trinajstić information content (AvgIpc) is 2.54. The van der Waals surface area contributed by atoms with Crippen molar-refractivity contribution in [3.63, 3.8) is 0 Å². The smallest absolute Gasteiger partial charge is 0.305 e. The van der Waals surface area contributed by atoms with Crippen LogP contribution >= 0.6 is 11.6 Å². The number of nitro groups is 1. The number of ether oxygens (including phenoxy) is 1. The predicted octanol–water partition coefficient (Wildman–Crippen LogP) is 3.42. The molecule has 24 heavy (non-hydrogen) atoms. The minimum atomic E-state index is -1.02. The molecule has 0 aliphatic heterocycles. The Morgan fingerprint density at radius 2 is 2.04 bits per heavy atom. The van der Waals surface area contributed by atoms with Crippen LogP contribution in [0.1, 0.15) is 5.56 Å². The molecule has 2 aromatic carbocycles. The lowest BCUT2D eigenvalue weighted by atomic mass is 10.2. The molecule has 0 atom stereocenters. The molecule has 0 aliphatic carbocycles. The van der Waals surface area contributed by atoms with Gasteiger partial charge in [-0.2, -0.15) is 4.39 Å². The molecule has 8 heteroatoms. The minimum absolute atomic E-state index is 0.0394. The van der Waals surface area contributed by atoms with Crippen LogP contribution in [0.15, 0.2) is 42.5 Å². The van der Waals surface area contributed by atoms with Crippen LogP contribution in [0, 0.1) is 15.9 Å². The van der Waals surface area contributed by atoms with Crippen LogP contribution in [0.4, 0.5) is 10.1 Å². The standard InChI is InChI=1S/C16H14ClFN2O4/c1-19(9-11-4-2-3-5-13(11)17)16(21)10-24-12-6-7-15(20(22)23)14(18)8-12/h2-8H,9-10H2,1H3. The van der Waals surface area contributed by atoms with Crippen molar-refractivity contribution in [2.75, 3.05) is 13.7 Å². The Bertz CT molecular complexity index is 769. The second-order valence-electron chi connectivity index (χ2n) is 5.00. The topological polar surface area (TPSA) is 72.7 Å². The molecule has 0 spiro atoms. The number of benzene rings is 2. The van der Waals surface area contributed by atoms with E-state index in [0.717, 1.165) is 17.7 Å². The lowest BCUT2D eigenvalue weighted by molar-refractivity contribution is -0.387. The van der Waals surface area contributed by atoms with Gasteiger partial charge < -0.3 is 9.64 Å². The second kappa shape index (κ2) is 7.74. The van der Waals surface area contributed by atoms with Gasteiger partial charge in [-0.25, -0.2) is 0 Å². The van der Waals surface area contributed by atoms with E-state index in [0.29, 0.717) is 11.6 Å². The van der Waals surface area contributed by atoms with Crippen LogP contribution in [0.5, 0.6) is 5.75 Å². The number of halogens is 2. The first kappa shape index (κ1) is 17.7. The van der Waals surface area contributed by atoms with E-state index in [4.69, 9.17) is 16.3 Å². The fourth-order valence-corrected chi connectivity index (χ4v) is 2.15. The second-order valence-corrected chi connectivity index (χ2v) is 5.41. The summed E-state index contributed by atoms with van der Waals surface area (Å²) in [6.45, 7) is -0.0192. The molecule has 0 fully saturated rings. The maximum atomic E-state index is 13.5. The lowest BCUT2D eigenvalue weighted by Crippen LogP contribution is -2.31. The third-order valence-corrected chi connectivity index (χ3v) is 3.64. The van der Waals surface area contributed by atoms with Gasteiger partial charge in [-0.1, -0.05) is 29.8 Å². The molecule has 0 N–H and O–H groups in total. The maximum absolute atomic E-state index is 13.5. The zero-order chi connectivity index (χ0) is 17.7. The maximum Gasteiger partial charge on any atom is 0.305 e. The average molecular weight is 353 g/mol. The molecule has 0 radical (unpaired) electrons. The molecule has 126 valence electrons. The van der Waals surface area contributed by atoms with E-state index in [2.05, 4.69) is 0 Å². The van der Waals surface area contributed by atoms with E-state index < -0.39 is 16.4 Å². The number of rotatable bonds is 6. The third kappa shape index (κ3) is 4.42. The summed E-state index contributed by atoms with van der Waals surface area (Å²) < 4.78 is 18.7. The molecule has 0 aromatic heterocycles. The monoisotopic (exact) mass is 352 g/mol. The van der Waals surface area contributed by atoms with Gasteiger partial charge in [0.25, 0.3) is 5.91 Å². The summed E-state index contributed by atoms with van der Waals surface area (Å²) in [5, 5.41) is 11.1. The van der Waals surface area contributed by atoms with Crippen molar-refractivity contribution in [1.29, 1.82) is 0 Å². The van der Waals surface area contributed by atoms with Gasteiger partial charge in [0.1, 0.15) is 5.75 Å². The summed E-state index contributed by atoms with van der Waals surface area (Å²) in [5.74, 6) is -1.32. The van der Waals surface area contributed by atoms with Crippen LogP contribution in [-0.4, -0.2) is 29.4 Å².